The third-order valence-corrected chi connectivity index (χ3v) is 4.48. The number of furan rings is 1. The molecule has 8 heteroatoms. The number of ether oxygens (including phenoxy) is 2. The number of rotatable bonds is 4. The molecule has 0 unspecified atom stereocenters. The molecule has 3 aromatic rings. The number of nitrogens with one attached hydrogen (secondary N) is 1. The standard InChI is InChI=1S/C15H13N3O4S/c19-15(11-6-10(17-18-11)12-2-1-4-21-12)22-8-14-16-9-3-5-20-7-13(9)23-14/h1-2,4,6H,3,5,7-8H2,(H,17,18). The molecule has 0 amide bonds. The van der Waals surface area contributed by atoms with Gasteiger partial charge in [0.25, 0.3) is 0 Å². The topological polar surface area (TPSA) is 90.2 Å². The number of H-pyrrole nitrogens is 1. The van der Waals surface area contributed by atoms with Gasteiger partial charge in [-0.3, -0.25) is 5.10 Å². The monoisotopic (exact) mass is 331 g/mol. The Labute approximate surface area is 135 Å². The van der Waals surface area contributed by atoms with Gasteiger partial charge in [-0.05, 0) is 12.1 Å². The van der Waals surface area contributed by atoms with E-state index in [1.807, 2.05) is 0 Å². The lowest BCUT2D eigenvalue weighted by atomic mass is 10.2. The van der Waals surface area contributed by atoms with Crippen molar-refractivity contribution in [2.45, 2.75) is 19.6 Å². The van der Waals surface area contributed by atoms with Crippen molar-refractivity contribution >= 4 is 17.3 Å². The third kappa shape index (κ3) is 2.90. The van der Waals surface area contributed by atoms with Crippen LogP contribution < -0.4 is 0 Å². The second-order valence-corrected chi connectivity index (χ2v) is 6.17. The van der Waals surface area contributed by atoms with Crippen LogP contribution >= 0.6 is 11.3 Å². The predicted molar refractivity (Wildman–Crippen MR) is 80.9 cm³/mol. The van der Waals surface area contributed by atoms with E-state index in [0.717, 1.165) is 22.0 Å². The van der Waals surface area contributed by atoms with E-state index in [1.54, 1.807) is 24.5 Å². The lowest BCUT2D eigenvalue weighted by Gasteiger charge is -2.08. The first-order valence-corrected chi connectivity index (χ1v) is 7.93. The van der Waals surface area contributed by atoms with Gasteiger partial charge >= 0.3 is 5.97 Å². The summed E-state index contributed by atoms with van der Waals surface area (Å²) in [5, 5.41) is 7.47. The fourth-order valence-corrected chi connectivity index (χ4v) is 3.29. The van der Waals surface area contributed by atoms with Crippen LogP contribution in [0, 0.1) is 0 Å². The average molecular weight is 331 g/mol. The Morgan fingerprint density at radius 1 is 1.48 bits per heavy atom. The molecule has 1 aliphatic heterocycles. The minimum absolute atomic E-state index is 0.144. The molecule has 1 N–H and O–H groups in total. The molecule has 0 aliphatic carbocycles. The molecular weight excluding hydrogens is 318 g/mol. The van der Waals surface area contributed by atoms with E-state index in [-0.39, 0.29) is 12.3 Å². The molecule has 0 aromatic carbocycles. The highest BCUT2D eigenvalue weighted by Crippen LogP contribution is 2.24. The lowest BCUT2D eigenvalue weighted by Crippen LogP contribution is -2.08. The fourth-order valence-electron chi connectivity index (χ4n) is 2.32. The van der Waals surface area contributed by atoms with Crippen LogP contribution in [0.25, 0.3) is 11.5 Å². The molecule has 4 heterocycles. The molecule has 0 saturated heterocycles. The maximum Gasteiger partial charge on any atom is 0.356 e. The van der Waals surface area contributed by atoms with Crippen LogP contribution in [0.1, 0.15) is 26.1 Å². The first kappa shape index (κ1) is 14.2. The van der Waals surface area contributed by atoms with Crippen molar-refractivity contribution in [3.05, 3.63) is 45.7 Å². The molecule has 23 heavy (non-hydrogen) atoms. The van der Waals surface area contributed by atoms with Gasteiger partial charge < -0.3 is 13.9 Å². The molecule has 0 radical (unpaired) electrons. The van der Waals surface area contributed by atoms with Crippen molar-refractivity contribution in [2.75, 3.05) is 6.61 Å². The van der Waals surface area contributed by atoms with Crippen LogP contribution in [-0.4, -0.2) is 27.8 Å². The van der Waals surface area contributed by atoms with Gasteiger partial charge in [0.15, 0.2) is 5.76 Å². The number of hydrogen-bond donors (Lipinski definition) is 1. The molecule has 0 atom stereocenters. The quantitative estimate of drug-likeness (QED) is 0.739. The summed E-state index contributed by atoms with van der Waals surface area (Å²) in [4.78, 5) is 17.7. The van der Waals surface area contributed by atoms with Gasteiger partial charge in [-0.25, -0.2) is 9.78 Å². The summed E-state index contributed by atoms with van der Waals surface area (Å²) >= 11 is 1.52. The van der Waals surface area contributed by atoms with Crippen LogP contribution in [0.5, 0.6) is 0 Å². The summed E-state index contributed by atoms with van der Waals surface area (Å²) in [6.07, 6.45) is 2.36. The molecule has 0 bridgehead atoms. The zero-order chi connectivity index (χ0) is 15.6. The molecule has 0 spiro atoms. The largest absolute Gasteiger partial charge is 0.463 e. The second-order valence-electron chi connectivity index (χ2n) is 5.00. The molecule has 7 nitrogen and oxygen atoms in total. The Bertz CT molecular complexity index is 798. The summed E-state index contributed by atoms with van der Waals surface area (Å²) in [7, 11) is 0. The summed E-state index contributed by atoms with van der Waals surface area (Å²) < 4.78 is 15.9. The van der Waals surface area contributed by atoms with Crippen LogP contribution in [0.3, 0.4) is 0 Å². The van der Waals surface area contributed by atoms with Crippen molar-refractivity contribution in [3.8, 4) is 11.5 Å². The number of thiazole rings is 1. The third-order valence-electron chi connectivity index (χ3n) is 3.44. The van der Waals surface area contributed by atoms with E-state index >= 15 is 0 Å². The molecule has 3 aromatic heterocycles. The van der Waals surface area contributed by atoms with E-state index in [2.05, 4.69) is 15.2 Å². The summed E-state index contributed by atoms with van der Waals surface area (Å²) in [6, 6.07) is 5.13. The van der Waals surface area contributed by atoms with Crippen LogP contribution in [0.15, 0.2) is 28.9 Å². The van der Waals surface area contributed by atoms with Crippen molar-refractivity contribution in [3.63, 3.8) is 0 Å². The Balaban J connectivity index is 1.41. The highest BCUT2D eigenvalue weighted by Gasteiger charge is 2.18. The van der Waals surface area contributed by atoms with Crippen molar-refractivity contribution in [1.29, 1.82) is 0 Å². The highest BCUT2D eigenvalue weighted by atomic mass is 32.1. The molecule has 0 fully saturated rings. The number of hydrogen-bond acceptors (Lipinski definition) is 7. The first-order chi connectivity index (χ1) is 11.3. The van der Waals surface area contributed by atoms with E-state index in [1.165, 1.54) is 11.3 Å². The minimum Gasteiger partial charge on any atom is -0.463 e. The SMILES string of the molecule is O=C(OCc1nc2c(s1)COCC2)c1cc(-c2ccco2)n[nH]1. The molecule has 118 valence electrons. The Morgan fingerprint density at radius 3 is 3.26 bits per heavy atom. The number of fused-ring (bicyclic) bond motifs is 1. The zero-order valence-electron chi connectivity index (χ0n) is 12.1. The van der Waals surface area contributed by atoms with Gasteiger partial charge in [0, 0.05) is 12.5 Å². The van der Waals surface area contributed by atoms with Gasteiger partial charge in [-0.15, -0.1) is 11.3 Å². The van der Waals surface area contributed by atoms with Crippen molar-refractivity contribution in [1.82, 2.24) is 15.2 Å². The van der Waals surface area contributed by atoms with Gasteiger partial charge in [0.2, 0.25) is 0 Å². The zero-order valence-corrected chi connectivity index (χ0v) is 12.9. The maximum absolute atomic E-state index is 12.1. The lowest BCUT2D eigenvalue weighted by molar-refractivity contribution is 0.0465. The smallest absolute Gasteiger partial charge is 0.356 e. The fraction of sp³-hybridized carbons (Fsp3) is 0.267. The number of nitrogens with zero attached hydrogens (tertiary/aromatic N) is 2. The van der Waals surface area contributed by atoms with Crippen molar-refractivity contribution < 1.29 is 18.7 Å². The predicted octanol–water partition coefficient (Wildman–Crippen LogP) is 2.56. The van der Waals surface area contributed by atoms with Crippen molar-refractivity contribution in [2.24, 2.45) is 0 Å². The van der Waals surface area contributed by atoms with E-state index in [9.17, 15) is 4.79 Å². The van der Waals surface area contributed by atoms with Crippen LogP contribution in [0.2, 0.25) is 0 Å². The summed E-state index contributed by atoms with van der Waals surface area (Å²) in [5.41, 5.74) is 1.89. The first-order valence-electron chi connectivity index (χ1n) is 7.11. The van der Waals surface area contributed by atoms with Gasteiger partial charge in [-0.2, -0.15) is 5.10 Å². The van der Waals surface area contributed by atoms with Crippen LogP contribution in [0.4, 0.5) is 0 Å². The second kappa shape index (κ2) is 5.98. The Hall–Kier alpha value is -2.45. The Kier molecular flexibility index (Phi) is 3.68. The number of carbonyl (C=O) groups excluding carboxylic acids is 1. The Morgan fingerprint density at radius 2 is 2.43 bits per heavy atom. The van der Waals surface area contributed by atoms with Crippen LogP contribution in [-0.2, 0) is 29.1 Å². The molecule has 1 aliphatic rings. The summed E-state index contributed by atoms with van der Waals surface area (Å²) in [6.45, 7) is 1.43. The van der Waals surface area contributed by atoms with E-state index < -0.39 is 5.97 Å². The van der Waals surface area contributed by atoms with Gasteiger partial charge in [0.1, 0.15) is 23.0 Å². The average Bonchev–Trinajstić information content (AvgIpc) is 3.31. The highest BCUT2D eigenvalue weighted by molar-refractivity contribution is 7.11. The van der Waals surface area contributed by atoms with Gasteiger partial charge in [0.05, 0.1) is 30.0 Å². The van der Waals surface area contributed by atoms with Gasteiger partial charge in [-0.1, -0.05) is 0 Å². The molecule has 4 rings (SSSR count). The minimum atomic E-state index is -0.472. The normalized spacial score (nSPS) is 13.7. The maximum atomic E-state index is 12.1. The molecule has 0 saturated carbocycles. The number of carbonyl (C=O) groups is 1. The molecular formula is C15H13N3O4S. The number of esters is 1. The number of aromatic nitrogens is 3. The van der Waals surface area contributed by atoms with E-state index in [4.69, 9.17) is 13.9 Å². The summed E-state index contributed by atoms with van der Waals surface area (Å²) in [5.74, 6) is 0.118. The number of aromatic amines is 1. The van der Waals surface area contributed by atoms with E-state index in [0.29, 0.717) is 24.7 Å².